The van der Waals surface area contributed by atoms with Crippen molar-refractivity contribution in [3.63, 3.8) is 0 Å². The lowest BCUT2D eigenvalue weighted by molar-refractivity contribution is -0.111. The van der Waals surface area contributed by atoms with E-state index in [9.17, 15) is 4.79 Å². The summed E-state index contributed by atoms with van der Waals surface area (Å²) in [5.74, 6) is 1.16. The number of nitrogens with one attached hydrogen (secondary N) is 3. The van der Waals surface area contributed by atoms with Crippen molar-refractivity contribution in [2.24, 2.45) is 0 Å². The molecule has 0 aliphatic carbocycles. The summed E-state index contributed by atoms with van der Waals surface area (Å²) >= 11 is 0. The van der Waals surface area contributed by atoms with Crippen LogP contribution in [0.1, 0.15) is 17.5 Å². The molecule has 0 spiro atoms. The smallest absolute Gasteiger partial charge is 0.258 e. The van der Waals surface area contributed by atoms with Gasteiger partial charge in [0.25, 0.3) is 5.91 Å². The van der Waals surface area contributed by atoms with Crippen LogP contribution >= 0.6 is 0 Å². The Morgan fingerprint density at radius 3 is 2.82 bits per heavy atom. The minimum absolute atomic E-state index is 0.00243. The van der Waals surface area contributed by atoms with E-state index in [0.717, 1.165) is 47.7 Å². The summed E-state index contributed by atoms with van der Waals surface area (Å²) < 4.78 is 10.8. The SMILES string of the molecule is O=C(Nc1ccc2c(c1)OCO2)C1=C2NC2Nc2ccc(-c3cncc(CN4CCC4)c3)cc21. The minimum atomic E-state index is -0.159. The van der Waals surface area contributed by atoms with E-state index in [1.165, 1.54) is 12.0 Å². The summed E-state index contributed by atoms with van der Waals surface area (Å²) in [5.41, 5.74) is 7.33. The van der Waals surface area contributed by atoms with Gasteiger partial charge in [0.15, 0.2) is 11.5 Å². The Hall–Kier alpha value is -4.04. The molecule has 5 heterocycles. The maximum Gasteiger partial charge on any atom is 0.258 e. The van der Waals surface area contributed by atoms with Crippen LogP contribution in [0.15, 0.2) is 60.6 Å². The Morgan fingerprint density at radius 1 is 1.03 bits per heavy atom. The number of ether oxygens (including phenoxy) is 2. The number of hydrogen-bond donors (Lipinski definition) is 3. The number of fused-ring (bicyclic) bond motifs is 3. The zero-order chi connectivity index (χ0) is 22.6. The van der Waals surface area contributed by atoms with Crippen molar-refractivity contribution in [1.29, 1.82) is 0 Å². The van der Waals surface area contributed by atoms with Crippen LogP contribution in [0.3, 0.4) is 0 Å². The van der Waals surface area contributed by atoms with Gasteiger partial charge >= 0.3 is 0 Å². The molecule has 3 aromatic rings. The van der Waals surface area contributed by atoms with Gasteiger partial charge in [-0.3, -0.25) is 14.7 Å². The van der Waals surface area contributed by atoms with Crippen molar-refractivity contribution in [1.82, 2.24) is 15.2 Å². The van der Waals surface area contributed by atoms with Gasteiger partial charge in [0.2, 0.25) is 6.79 Å². The molecule has 2 aromatic carbocycles. The second kappa shape index (κ2) is 7.50. The normalized spacial score (nSPS) is 19.4. The number of pyridine rings is 1. The molecular formula is C26H23N5O3. The van der Waals surface area contributed by atoms with E-state index < -0.39 is 0 Å². The maximum absolute atomic E-state index is 13.4. The maximum atomic E-state index is 13.4. The topological polar surface area (TPSA) is 97.7 Å². The highest BCUT2D eigenvalue weighted by Crippen LogP contribution is 2.41. The quantitative estimate of drug-likeness (QED) is 0.510. The summed E-state index contributed by atoms with van der Waals surface area (Å²) in [7, 11) is 0. The number of likely N-dealkylation sites (tertiary alicyclic amines) is 1. The number of amides is 1. The standard InChI is InChI=1S/C26H23N5O3/c32-26(28-18-3-5-21-22(10-18)34-14-33-21)23-19-9-16(2-4-20(19)29-25-24(23)30-25)17-8-15(11-27-12-17)13-31-6-1-7-31/h2-5,8-12,25,29-30H,1,6-7,13-14H2,(H,28,32). The summed E-state index contributed by atoms with van der Waals surface area (Å²) in [5, 5.41) is 9.75. The van der Waals surface area contributed by atoms with E-state index in [4.69, 9.17) is 9.47 Å². The Balaban J connectivity index is 1.19. The van der Waals surface area contributed by atoms with E-state index in [1.807, 2.05) is 30.6 Å². The fraction of sp³-hybridized carbons (Fsp3) is 0.231. The molecule has 2 saturated heterocycles. The molecule has 8 heteroatoms. The molecule has 7 rings (SSSR count). The van der Waals surface area contributed by atoms with Crippen LogP contribution < -0.4 is 25.4 Å². The molecular weight excluding hydrogens is 430 g/mol. The molecule has 34 heavy (non-hydrogen) atoms. The van der Waals surface area contributed by atoms with Crippen molar-refractivity contribution >= 4 is 22.9 Å². The minimum Gasteiger partial charge on any atom is -0.454 e. The van der Waals surface area contributed by atoms with Gasteiger partial charge in [-0.1, -0.05) is 6.07 Å². The number of anilines is 2. The van der Waals surface area contributed by atoms with Crippen molar-refractivity contribution in [3.8, 4) is 22.6 Å². The second-order valence-corrected chi connectivity index (χ2v) is 9.00. The molecule has 1 atom stereocenters. The number of rotatable bonds is 5. The van der Waals surface area contributed by atoms with Gasteiger partial charge in [-0.25, -0.2) is 0 Å². The Bertz CT molecular complexity index is 1360. The molecule has 1 unspecified atom stereocenters. The zero-order valence-electron chi connectivity index (χ0n) is 18.4. The van der Waals surface area contributed by atoms with E-state index in [2.05, 4.69) is 44.0 Å². The van der Waals surface area contributed by atoms with Gasteiger partial charge in [-0.2, -0.15) is 0 Å². The molecule has 3 N–H and O–H groups in total. The summed E-state index contributed by atoms with van der Waals surface area (Å²) in [6.07, 6.45) is 5.09. The highest BCUT2D eigenvalue weighted by atomic mass is 16.7. The number of hydrogen-bond acceptors (Lipinski definition) is 7. The molecule has 2 fully saturated rings. The van der Waals surface area contributed by atoms with Crippen molar-refractivity contribution in [2.45, 2.75) is 19.1 Å². The number of benzene rings is 2. The van der Waals surface area contributed by atoms with Gasteiger partial charge in [0, 0.05) is 47.5 Å². The third kappa shape index (κ3) is 3.34. The summed E-state index contributed by atoms with van der Waals surface area (Å²) in [6.45, 7) is 3.42. The van der Waals surface area contributed by atoms with Crippen LogP contribution in [-0.4, -0.2) is 41.8 Å². The van der Waals surface area contributed by atoms with Gasteiger partial charge in [0.1, 0.15) is 6.17 Å². The molecule has 8 nitrogen and oxygen atoms in total. The fourth-order valence-electron chi connectivity index (χ4n) is 4.74. The summed E-state index contributed by atoms with van der Waals surface area (Å²) in [6, 6.07) is 13.8. The number of carbonyl (C=O) groups excluding carboxylic acids is 1. The highest BCUT2D eigenvalue weighted by molar-refractivity contribution is 6.28. The zero-order valence-corrected chi connectivity index (χ0v) is 18.4. The first-order valence-corrected chi connectivity index (χ1v) is 11.5. The van der Waals surface area contributed by atoms with Crippen molar-refractivity contribution in [2.75, 3.05) is 30.5 Å². The molecule has 0 radical (unpaired) electrons. The second-order valence-electron chi connectivity index (χ2n) is 9.00. The average molecular weight is 454 g/mol. The average Bonchev–Trinajstić information content (AvgIpc) is 3.44. The van der Waals surface area contributed by atoms with E-state index in [-0.39, 0.29) is 18.9 Å². The lowest BCUT2D eigenvalue weighted by atomic mass is 9.94. The van der Waals surface area contributed by atoms with E-state index in [1.54, 1.807) is 6.07 Å². The van der Waals surface area contributed by atoms with Gasteiger partial charge < -0.3 is 25.4 Å². The van der Waals surface area contributed by atoms with Crippen LogP contribution in [-0.2, 0) is 11.3 Å². The largest absolute Gasteiger partial charge is 0.454 e. The lowest BCUT2D eigenvalue weighted by Gasteiger charge is -2.30. The number of aromatic nitrogens is 1. The third-order valence-corrected chi connectivity index (χ3v) is 6.70. The van der Waals surface area contributed by atoms with Crippen LogP contribution in [0.5, 0.6) is 11.5 Å². The van der Waals surface area contributed by atoms with Crippen LogP contribution in [0.25, 0.3) is 16.7 Å². The first kappa shape index (κ1) is 19.4. The molecule has 1 amide bonds. The van der Waals surface area contributed by atoms with Gasteiger partial charge in [0.05, 0.1) is 11.3 Å². The lowest BCUT2D eigenvalue weighted by Crippen LogP contribution is -2.36. The molecule has 1 aromatic heterocycles. The van der Waals surface area contributed by atoms with Gasteiger partial charge in [-0.05, 0) is 61.0 Å². The Morgan fingerprint density at radius 2 is 1.94 bits per heavy atom. The molecule has 170 valence electrons. The first-order valence-electron chi connectivity index (χ1n) is 11.5. The van der Waals surface area contributed by atoms with E-state index >= 15 is 0 Å². The Labute approximate surface area is 196 Å². The van der Waals surface area contributed by atoms with Crippen molar-refractivity contribution in [3.05, 3.63) is 71.7 Å². The predicted octanol–water partition coefficient (Wildman–Crippen LogP) is 3.39. The van der Waals surface area contributed by atoms with Crippen LogP contribution in [0.2, 0.25) is 0 Å². The molecule has 0 saturated carbocycles. The fourth-order valence-corrected chi connectivity index (χ4v) is 4.74. The number of nitrogens with zero attached hydrogens (tertiary/aromatic N) is 2. The van der Waals surface area contributed by atoms with E-state index in [0.29, 0.717) is 22.8 Å². The summed E-state index contributed by atoms with van der Waals surface area (Å²) in [4.78, 5) is 20.3. The predicted molar refractivity (Wildman–Crippen MR) is 128 cm³/mol. The molecule has 4 aliphatic heterocycles. The molecule has 0 bridgehead atoms. The number of carbonyl (C=O) groups is 1. The van der Waals surface area contributed by atoms with Gasteiger partial charge in [-0.15, -0.1) is 0 Å². The van der Waals surface area contributed by atoms with Crippen LogP contribution in [0, 0.1) is 0 Å². The van der Waals surface area contributed by atoms with Crippen molar-refractivity contribution < 1.29 is 14.3 Å². The highest BCUT2D eigenvalue weighted by Gasteiger charge is 2.40. The third-order valence-electron chi connectivity index (χ3n) is 6.70. The molecule has 4 aliphatic rings. The van der Waals surface area contributed by atoms with Crippen LogP contribution in [0.4, 0.5) is 11.4 Å². The first-order chi connectivity index (χ1) is 16.7. The Kier molecular flexibility index (Phi) is 4.28. The monoisotopic (exact) mass is 453 g/mol.